The second-order valence-corrected chi connectivity index (χ2v) is 6.54. The number of carbonyl (C=O) groups excluding carboxylic acids is 1. The summed E-state index contributed by atoms with van der Waals surface area (Å²) in [6, 6.07) is 7.72. The SMILES string of the molecule is COc1ccc(NC(=O)c2ccc(-c3c(C)noc3C)s2)c([N+](=O)[O-])c1. The predicted octanol–water partition coefficient (Wildman–Crippen LogP) is 4.19. The van der Waals surface area contributed by atoms with Crippen LogP contribution >= 0.6 is 11.3 Å². The van der Waals surface area contributed by atoms with E-state index in [1.807, 2.05) is 6.92 Å². The number of hydrogen-bond acceptors (Lipinski definition) is 7. The van der Waals surface area contributed by atoms with Crippen LogP contribution in [0.1, 0.15) is 21.1 Å². The van der Waals surface area contributed by atoms with E-state index in [1.165, 1.54) is 30.6 Å². The van der Waals surface area contributed by atoms with Crippen LogP contribution in [0.4, 0.5) is 11.4 Å². The smallest absolute Gasteiger partial charge is 0.296 e. The number of amides is 1. The molecule has 0 atom stereocenters. The number of thiophene rings is 1. The first-order valence-corrected chi connectivity index (χ1v) is 8.39. The van der Waals surface area contributed by atoms with Crippen molar-refractivity contribution in [3.05, 3.63) is 56.8 Å². The van der Waals surface area contributed by atoms with Crippen molar-refractivity contribution >= 4 is 28.6 Å². The molecule has 0 bridgehead atoms. The number of anilines is 1. The van der Waals surface area contributed by atoms with Gasteiger partial charge in [0, 0.05) is 4.88 Å². The maximum absolute atomic E-state index is 12.5. The fourth-order valence-electron chi connectivity index (χ4n) is 2.51. The molecular weight excluding hydrogens is 358 g/mol. The molecule has 0 saturated carbocycles. The molecule has 0 fully saturated rings. The Labute approximate surface area is 152 Å². The van der Waals surface area contributed by atoms with Crippen LogP contribution < -0.4 is 10.1 Å². The number of hydrogen-bond donors (Lipinski definition) is 1. The van der Waals surface area contributed by atoms with Crippen LogP contribution in [0.2, 0.25) is 0 Å². The van der Waals surface area contributed by atoms with Gasteiger partial charge in [-0.25, -0.2) is 0 Å². The largest absolute Gasteiger partial charge is 0.496 e. The molecule has 2 heterocycles. The van der Waals surface area contributed by atoms with Crippen molar-refractivity contribution in [1.82, 2.24) is 5.16 Å². The maximum atomic E-state index is 12.5. The minimum absolute atomic E-state index is 0.105. The van der Waals surface area contributed by atoms with Crippen molar-refractivity contribution in [3.8, 4) is 16.2 Å². The third-order valence-corrected chi connectivity index (χ3v) is 4.86. The highest BCUT2D eigenvalue weighted by Crippen LogP contribution is 2.34. The predicted molar refractivity (Wildman–Crippen MR) is 96.9 cm³/mol. The molecule has 0 aliphatic heterocycles. The van der Waals surface area contributed by atoms with Gasteiger partial charge >= 0.3 is 0 Å². The normalized spacial score (nSPS) is 10.6. The summed E-state index contributed by atoms with van der Waals surface area (Å²) < 4.78 is 10.1. The van der Waals surface area contributed by atoms with Crippen LogP contribution in [0.15, 0.2) is 34.9 Å². The van der Waals surface area contributed by atoms with Crippen molar-refractivity contribution in [2.75, 3.05) is 12.4 Å². The van der Waals surface area contributed by atoms with Gasteiger partial charge < -0.3 is 14.6 Å². The summed E-state index contributed by atoms with van der Waals surface area (Å²) in [5, 5.41) is 17.7. The Kier molecular flexibility index (Phi) is 4.72. The number of nitro groups is 1. The molecule has 26 heavy (non-hydrogen) atoms. The zero-order valence-electron chi connectivity index (χ0n) is 14.2. The van der Waals surface area contributed by atoms with Crippen LogP contribution in [0, 0.1) is 24.0 Å². The molecule has 0 radical (unpaired) electrons. The van der Waals surface area contributed by atoms with Crippen molar-refractivity contribution in [2.45, 2.75) is 13.8 Å². The quantitative estimate of drug-likeness (QED) is 0.531. The fourth-order valence-corrected chi connectivity index (χ4v) is 3.55. The second-order valence-electron chi connectivity index (χ2n) is 5.46. The molecule has 1 aromatic carbocycles. The molecule has 3 rings (SSSR count). The van der Waals surface area contributed by atoms with Gasteiger partial charge in [0.25, 0.3) is 11.6 Å². The molecule has 8 nitrogen and oxygen atoms in total. The van der Waals surface area contributed by atoms with E-state index in [9.17, 15) is 14.9 Å². The molecule has 3 aromatic rings. The number of nitrogens with one attached hydrogen (secondary N) is 1. The number of carbonyl (C=O) groups is 1. The van der Waals surface area contributed by atoms with Crippen molar-refractivity contribution in [3.63, 3.8) is 0 Å². The molecule has 0 aliphatic rings. The average Bonchev–Trinajstić information content (AvgIpc) is 3.21. The Bertz CT molecular complexity index is 973. The number of methoxy groups -OCH3 is 1. The molecular formula is C17H15N3O5S. The van der Waals surface area contributed by atoms with Crippen molar-refractivity contribution < 1.29 is 19.0 Å². The van der Waals surface area contributed by atoms with E-state index in [0.717, 1.165) is 16.1 Å². The highest BCUT2D eigenvalue weighted by Gasteiger charge is 2.20. The topological polar surface area (TPSA) is 108 Å². The number of aromatic nitrogens is 1. The molecule has 134 valence electrons. The highest BCUT2D eigenvalue weighted by molar-refractivity contribution is 7.17. The van der Waals surface area contributed by atoms with Gasteiger partial charge in [0.15, 0.2) is 0 Å². The highest BCUT2D eigenvalue weighted by atomic mass is 32.1. The number of benzene rings is 1. The Hall–Kier alpha value is -3.20. The molecule has 0 spiro atoms. The molecule has 2 aromatic heterocycles. The molecule has 9 heteroatoms. The van der Waals surface area contributed by atoms with E-state index in [-0.39, 0.29) is 11.4 Å². The minimum Gasteiger partial charge on any atom is -0.496 e. The van der Waals surface area contributed by atoms with E-state index in [2.05, 4.69) is 10.5 Å². The number of ether oxygens (including phenoxy) is 1. The first-order chi connectivity index (χ1) is 12.4. The van der Waals surface area contributed by atoms with Gasteiger partial charge in [0.05, 0.1) is 34.2 Å². The van der Waals surface area contributed by atoms with Crippen LogP contribution in [-0.2, 0) is 0 Å². The van der Waals surface area contributed by atoms with E-state index in [4.69, 9.17) is 9.26 Å². The molecule has 1 N–H and O–H groups in total. The van der Waals surface area contributed by atoms with Crippen LogP contribution in [0.3, 0.4) is 0 Å². The third-order valence-electron chi connectivity index (χ3n) is 3.76. The van der Waals surface area contributed by atoms with Gasteiger partial charge in [0.2, 0.25) is 0 Å². The molecule has 0 aliphatic carbocycles. The summed E-state index contributed by atoms with van der Waals surface area (Å²) in [6.45, 7) is 3.63. The Balaban J connectivity index is 1.87. The molecule has 0 unspecified atom stereocenters. The monoisotopic (exact) mass is 373 g/mol. The lowest BCUT2D eigenvalue weighted by molar-refractivity contribution is -0.384. The third kappa shape index (κ3) is 3.29. The van der Waals surface area contributed by atoms with Crippen LogP contribution in [0.5, 0.6) is 5.75 Å². The van der Waals surface area contributed by atoms with Gasteiger partial charge in [-0.15, -0.1) is 11.3 Å². The van der Waals surface area contributed by atoms with Gasteiger partial charge in [0.1, 0.15) is 17.2 Å². The maximum Gasteiger partial charge on any atom is 0.296 e. The van der Waals surface area contributed by atoms with Gasteiger partial charge in [-0.1, -0.05) is 5.16 Å². The van der Waals surface area contributed by atoms with E-state index >= 15 is 0 Å². The standard InChI is InChI=1S/C17H15N3O5S/c1-9-16(10(2)25-19-9)14-6-7-15(26-14)17(21)18-12-5-4-11(24-3)8-13(12)20(22)23/h4-8H,1-3H3,(H,18,21). The molecule has 1 amide bonds. The van der Waals surface area contributed by atoms with Gasteiger partial charge in [-0.3, -0.25) is 14.9 Å². The number of nitrogens with zero attached hydrogens (tertiary/aromatic N) is 2. The fraction of sp³-hybridized carbons (Fsp3) is 0.176. The van der Waals surface area contributed by atoms with E-state index < -0.39 is 10.8 Å². The Morgan fingerprint density at radius 1 is 1.31 bits per heavy atom. The Morgan fingerprint density at radius 2 is 2.08 bits per heavy atom. The van der Waals surface area contributed by atoms with Crippen LogP contribution in [0.25, 0.3) is 10.4 Å². The second kappa shape index (κ2) is 6.96. The zero-order chi connectivity index (χ0) is 18.8. The lowest BCUT2D eigenvalue weighted by atomic mass is 10.2. The summed E-state index contributed by atoms with van der Waals surface area (Å²) >= 11 is 1.26. The number of aryl methyl sites for hydroxylation is 2. The van der Waals surface area contributed by atoms with Gasteiger partial charge in [-0.2, -0.15) is 0 Å². The summed E-state index contributed by atoms with van der Waals surface area (Å²) in [6.07, 6.45) is 0. The average molecular weight is 373 g/mol. The first kappa shape index (κ1) is 17.6. The molecule has 0 saturated heterocycles. The Morgan fingerprint density at radius 3 is 2.69 bits per heavy atom. The van der Waals surface area contributed by atoms with Crippen LogP contribution in [-0.4, -0.2) is 23.1 Å². The number of nitro benzene ring substituents is 1. The van der Waals surface area contributed by atoms with Gasteiger partial charge in [-0.05, 0) is 38.1 Å². The van der Waals surface area contributed by atoms with E-state index in [1.54, 1.807) is 25.1 Å². The lowest BCUT2D eigenvalue weighted by Gasteiger charge is -2.06. The van der Waals surface area contributed by atoms with Crippen molar-refractivity contribution in [2.24, 2.45) is 0 Å². The van der Waals surface area contributed by atoms with Crippen molar-refractivity contribution in [1.29, 1.82) is 0 Å². The number of rotatable bonds is 5. The summed E-state index contributed by atoms with van der Waals surface area (Å²) in [5.74, 6) is 0.579. The minimum atomic E-state index is -0.568. The summed E-state index contributed by atoms with van der Waals surface area (Å²) in [5.41, 5.74) is 1.46. The van der Waals surface area contributed by atoms with E-state index in [0.29, 0.717) is 16.4 Å². The summed E-state index contributed by atoms with van der Waals surface area (Å²) in [4.78, 5) is 24.4. The lowest BCUT2D eigenvalue weighted by Crippen LogP contribution is -2.11. The summed E-state index contributed by atoms with van der Waals surface area (Å²) in [7, 11) is 1.42. The zero-order valence-corrected chi connectivity index (χ0v) is 15.0. The first-order valence-electron chi connectivity index (χ1n) is 7.57.